The van der Waals surface area contributed by atoms with Gasteiger partial charge in [-0.05, 0) is 32.0 Å². The van der Waals surface area contributed by atoms with Crippen molar-refractivity contribution in [3.05, 3.63) is 36.4 Å². The Balaban J connectivity index is 2.63. The van der Waals surface area contributed by atoms with Gasteiger partial charge in [-0.1, -0.05) is 18.2 Å². The fourth-order valence-corrected chi connectivity index (χ4v) is 1.23. The quantitative estimate of drug-likeness (QED) is 0.549. The van der Waals surface area contributed by atoms with Crippen molar-refractivity contribution in [2.45, 2.75) is 19.9 Å². The Morgan fingerprint density at radius 2 is 2.23 bits per heavy atom. The summed E-state index contributed by atoms with van der Waals surface area (Å²) >= 11 is 0. The highest BCUT2D eigenvalue weighted by atomic mass is 14.9. The minimum Gasteiger partial charge on any atom is -0.399 e. The van der Waals surface area contributed by atoms with Gasteiger partial charge in [0.15, 0.2) is 0 Å². The fraction of sp³-hybridized carbons (Fsp3) is 0.273. The molecule has 0 amide bonds. The summed E-state index contributed by atoms with van der Waals surface area (Å²) in [6, 6.07) is 8.11. The molecule has 0 radical (unpaired) electrons. The van der Waals surface area contributed by atoms with E-state index in [1.165, 1.54) is 0 Å². The molecule has 2 heteroatoms. The van der Waals surface area contributed by atoms with Crippen LogP contribution in [-0.4, -0.2) is 6.04 Å². The molecule has 0 aliphatic carbocycles. The lowest BCUT2D eigenvalue weighted by Crippen LogP contribution is -2.11. The van der Waals surface area contributed by atoms with Crippen LogP contribution in [0.25, 0.3) is 0 Å². The summed E-state index contributed by atoms with van der Waals surface area (Å²) in [7, 11) is 0. The second kappa shape index (κ2) is 4.55. The van der Waals surface area contributed by atoms with Gasteiger partial charge in [0.1, 0.15) is 0 Å². The average molecular weight is 176 g/mol. The molecule has 0 aliphatic heterocycles. The summed E-state index contributed by atoms with van der Waals surface area (Å²) in [5.74, 6) is 0. The highest BCUT2D eigenvalue weighted by molar-refractivity contribution is 5.54. The lowest BCUT2D eigenvalue weighted by molar-refractivity contribution is 0.996. The van der Waals surface area contributed by atoms with E-state index in [2.05, 4.69) is 18.3 Å². The summed E-state index contributed by atoms with van der Waals surface area (Å²) in [4.78, 5) is 0. The zero-order chi connectivity index (χ0) is 9.68. The van der Waals surface area contributed by atoms with E-state index < -0.39 is 0 Å². The summed E-state index contributed by atoms with van der Waals surface area (Å²) in [6.45, 7) is 4.11. The molecule has 70 valence electrons. The molecule has 0 saturated carbocycles. The second-order valence-corrected chi connectivity index (χ2v) is 3.08. The fourth-order valence-electron chi connectivity index (χ4n) is 1.23. The van der Waals surface area contributed by atoms with Crippen LogP contribution >= 0.6 is 0 Å². The molecule has 1 rings (SSSR count). The molecule has 0 aromatic heterocycles. The van der Waals surface area contributed by atoms with Gasteiger partial charge in [0.25, 0.3) is 0 Å². The number of nitrogens with two attached hydrogens (primary N) is 1. The maximum Gasteiger partial charge on any atom is 0.0416 e. The van der Waals surface area contributed by atoms with Crippen LogP contribution in [0, 0.1) is 0 Å². The molecule has 1 unspecified atom stereocenters. The van der Waals surface area contributed by atoms with Crippen molar-refractivity contribution in [3.63, 3.8) is 0 Å². The third-order valence-corrected chi connectivity index (χ3v) is 1.76. The molecule has 0 bridgehead atoms. The van der Waals surface area contributed by atoms with Crippen LogP contribution in [0.5, 0.6) is 0 Å². The van der Waals surface area contributed by atoms with Crippen molar-refractivity contribution in [3.8, 4) is 0 Å². The van der Waals surface area contributed by atoms with Gasteiger partial charge >= 0.3 is 0 Å². The van der Waals surface area contributed by atoms with Crippen molar-refractivity contribution in [2.75, 3.05) is 11.1 Å². The molecular weight excluding hydrogens is 160 g/mol. The minimum absolute atomic E-state index is 0.340. The molecule has 13 heavy (non-hydrogen) atoms. The number of benzene rings is 1. The van der Waals surface area contributed by atoms with Crippen LogP contribution in [0.4, 0.5) is 11.4 Å². The third kappa shape index (κ3) is 3.20. The highest BCUT2D eigenvalue weighted by Gasteiger charge is 1.96. The number of rotatable bonds is 3. The molecule has 1 aromatic carbocycles. The van der Waals surface area contributed by atoms with Crippen LogP contribution in [0.2, 0.25) is 0 Å². The van der Waals surface area contributed by atoms with Gasteiger partial charge in [-0.2, -0.15) is 0 Å². The zero-order valence-corrected chi connectivity index (χ0v) is 8.12. The van der Waals surface area contributed by atoms with Gasteiger partial charge in [-0.3, -0.25) is 0 Å². The maximum absolute atomic E-state index is 5.65. The Bertz CT molecular complexity index is 292. The second-order valence-electron chi connectivity index (χ2n) is 3.08. The number of anilines is 2. The van der Waals surface area contributed by atoms with Crippen LogP contribution in [0.15, 0.2) is 36.4 Å². The van der Waals surface area contributed by atoms with E-state index in [9.17, 15) is 0 Å². The molecule has 1 atom stereocenters. The monoisotopic (exact) mass is 176 g/mol. The van der Waals surface area contributed by atoms with Crippen LogP contribution in [0.3, 0.4) is 0 Å². The molecule has 0 aliphatic rings. The highest BCUT2D eigenvalue weighted by Crippen LogP contribution is 2.12. The van der Waals surface area contributed by atoms with Crippen molar-refractivity contribution in [1.29, 1.82) is 0 Å². The number of nitrogen functional groups attached to an aromatic ring is 1. The first-order valence-corrected chi connectivity index (χ1v) is 4.47. The molecule has 1 aromatic rings. The smallest absolute Gasteiger partial charge is 0.0416 e. The van der Waals surface area contributed by atoms with Crippen LogP contribution < -0.4 is 11.1 Å². The topological polar surface area (TPSA) is 38.0 Å². The first kappa shape index (κ1) is 9.65. The minimum atomic E-state index is 0.340. The van der Waals surface area contributed by atoms with Crippen LogP contribution in [-0.2, 0) is 0 Å². The number of hydrogen-bond acceptors (Lipinski definition) is 2. The van der Waals surface area contributed by atoms with E-state index in [1.54, 1.807) is 0 Å². The van der Waals surface area contributed by atoms with E-state index in [1.807, 2.05) is 37.3 Å². The van der Waals surface area contributed by atoms with Gasteiger partial charge in [0, 0.05) is 17.4 Å². The average Bonchev–Trinajstić information content (AvgIpc) is 2.04. The Kier molecular flexibility index (Phi) is 3.38. The van der Waals surface area contributed by atoms with Crippen molar-refractivity contribution >= 4 is 11.4 Å². The summed E-state index contributed by atoms with van der Waals surface area (Å²) in [5.41, 5.74) is 7.50. The summed E-state index contributed by atoms with van der Waals surface area (Å²) < 4.78 is 0. The van der Waals surface area contributed by atoms with Gasteiger partial charge in [0.2, 0.25) is 0 Å². The molecular formula is C11H16N2. The Morgan fingerprint density at radius 3 is 2.85 bits per heavy atom. The largest absolute Gasteiger partial charge is 0.399 e. The summed E-state index contributed by atoms with van der Waals surface area (Å²) in [5, 5.41) is 3.32. The van der Waals surface area contributed by atoms with Crippen molar-refractivity contribution in [1.82, 2.24) is 0 Å². The maximum atomic E-state index is 5.65. The SMILES string of the molecule is C/C=C/C(C)Nc1cccc(N)c1. The number of hydrogen-bond donors (Lipinski definition) is 2. The molecule has 0 saturated heterocycles. The van der Waals surface area contributed by atoms with Crippen molar-refractivity contribution < 1.29 is 0 Å². The Hall–Kier alpha value is -1.44. The predicted molar refractivity (Wildman–Crippen MR) is 58.8 cm³/mol. The lowest BCUT2D eigenvalue weighted by atomic mass is 10.2. The molecule has 0 spiro atoms. The zero-order valence-electron chi connectivity index (χ0n) is 8.12. The van der Waals surface area contributed by atoms with Gasteiger partial charge < -0.3 is 11.1 Å². The third-order valence-electron chi connectivity index (χ3n) is 1.76. The molecule has 0 heterocycles. The number of nitrogens with one attached hydrogen (secondary N) is 1. The van der Waals surface area contributed by atoms with Crippen molar-refractivity contribution in [2.24, 2.45) is 0 Å². The van der Waals surface area contributed by atoms with E-state index in [0.29, 0.717) is 6.04 Å². The Labute approximate surface area is 79.5 Å². The summed E-state index contributed by atoms with van der Waals surface area (Å²) in [6.07, 6.45) is 4.13. The predicted octanol–water partition coefficient (Wildman–Crippen LogP) is 2.65. The van der Waals surface area contributed by atoms with E-state index in [-0.39, 0.29) is 0 Å². The van der Waals surface area contributed by atoms with E-state index >= 15 is 0 Å². The van der Waals surface area contributed by atoms with E-state index in [0.717, 1.165) is 11.4 Å². The molecule has 3 N–H and O–H groups in total. The van der Waals surface area contributed by atoms with Gasteiger partial charge in [-0.25, -0.2) is 0 Å². The molecule has 2 nitrogen and oxygen atoms in total. The normalized spacial score (nSPS) is 13.1. The van der Waals surface area contributed by atoms with Crippen LogP contribution in [0.1, 0.15) is 13.8 Å². The number of allylic oxidation sites excluding steroid dienone is 1. The first-order chi connectivity index (χ1) is 6.22. The lowest BCUT2D eigenvalue weighted by Gasteiger charge is -2.11. The standard InChI is InChI=1S/C11H16N2/c1-3-5-9(2)13-11-7-4-6-10(12)8-11/h3-9,13H,12H2,1-2H3/b5-3+. The van der Waals surface area contributed by atoms with Gasteiger partial charge in [0.05, 0.1) is 0 Å². The Morgan fingerprint density at radius 1 is 1.46 bits per heavy atom. The van der Waals surface area contributed by atoms with Gasteiger partial charge in [-0.15, -0.1) is 0 Å². The molecule has 0 fully saturated rings. The van der Waals surface area contributed by atoms with E-state index in [4.69, 9.17) is 5.73 Å². The first-order valence-electron chi connectivity index (χ1n) is 4.47.